The molecule has 1 aromatic rings. The lowest BCUT2D eigenvalue weighted by molar-refractivity contribution is 0.427. The van der Waals surface area contributed by atoms with Crippen LogP contribution >= 0.6 is 0 Å². The normalized spacial score (nSPS) is 19.2. The van der Waals surface area contributed by atoms with E-state index in [1.807, 2.05) is 14.0 Å². The van der Waals surface area contributed by atoms with E-state index in [0.29, 0.717) is 11.7 Å². The Labute approximate surface area is 114 Å². The zero-order valence-electron chi connectivity index (χ0n) is 11.7. The molecule has 1 aromatic heterocycles. The molecule has 1 unspecified atom stereocenters. The molecule has 1 fully saturated rings. The molecule has 0 bridgehead atoms. The van der Waals surface area contributed by atoms with Gasteiger partial charge in [-0.1, -0.05) is 0 Å². The summed E-state index contributed by atoms with van der Waals surface area (Å²) in [7, 11) is 1.98. The molecule has 0 aromatic carbocycles. The number of nitriles is 1. The Morgan fingerprint density at radius 2 is 2.32 bits per heavy atom. The Morgan fingerprint density at radius 3 is 3.05 bits per heavy atom. The van der Waals surface area contributed by atoms with Crippen molar-refractivity contribution in [2.24, 2.45) is 0 Å². The molecule has 1 N–H and O–H groups in total. The number of hydrogen-bond donors (Lipinski definition) is 1. The Hall–Kier alpha value is -1.67. The van der Waals surface area contributed by atoms with Gasteiger partial charge in [0.25, 0.3) is 0 Å². The maximum absolute atomic E-state index is 9.02. The highest BCUT2D eigenvalue weighted by Gasteiger charge is 2.24. The van der Waals surface area contributed by atoms with Crippen LogP contribution in [0.4, 0.5) is 5.95 Å². The number of nitrogens with one attached hydrogen (secondary N) is 1. The number of aromatic nitrogens is 2. The largest absolute Gasteiger partial charge is 0.338 e. The second-order valence-corrected chi connectivity index (χ2v) is 5.04. The topological polar surface area (TPSA) is 64.8 Å². The van der Waals surface area contributed by atoms with Gasteiger partial charge in [-0.2, -0.15) is 5.26 Å². The zero-order valence-corrected chi connectivity index (χ0v) is 11.7. The summed E-state index contributed by atoms with van der Waals surface area (Å²) >= 11 is 0. The van der Waals surface area contributed by atoms with E-state index in [9.17, 15) is 0 Å². The third-order valence-corrected chi connectivity index (χ3v) is 3.57. The summed E-state index contributed by atoms with van der Waals surface area (Å²) in [6, 6.07) is 4.33. The highest BCUT2D eigenvalue weighted by molar-refractivity contribution is 5.37. The van der Waals surface area contributed by atoms with Gasteiger partial charge >= 0.3 is 0 Å². The highest BCUT2D eigenvalue weighted by Crippen LogP contribution is 2.24. The number of rotatable bonds is 4. The molecule has 1 saturated heterocycles. The van der Waals surface area contributed by atoms with E-state index in [1.54, 1.807) is 6.07 Å². The number of nitrogens with zero attached hydrogens (tertiary/aromatic N) is 4. The summed E-state index contributed by atoms with van der Waals surface area (Å²) in [4.78, 5) is 11.1. The van der Waals surface area contributed by atoms with Crippen molar-refractivity contribution in [3.63, 3.8) is 0 Å². The lowest BCUT2D eigenvalue weighted by atomic mass is 10.00. The van der Waals surface area contributed by atoms with Crippen LogP contribution in [0.5, 0.6) is 0 Å². The maximum atomic E-state index is 9.02. The molecule has 102 valence electrons. The van der Waals surface area contributed by atoms with E-state index >= 15 is 0 Å². The van der Waals surface area contributed by atoms with Gasteiger partial charge < -0.3 is 10.2 Å². The van der Waals surface area contributed by atoms with E-state index in [1.165, 1.54) is 19.3 Å². The molecule has 0 amide bonds. The van der Waals surface area contributed by atoms with Gasteiger partial charge in [0.05, 0.1) is 0 Å². The predicted molar refractivity (Wildman–Crippen MR) is 75.0 cm³/mol. The van der Waals surface area contributed by atoms with Crippen molar-refractivity contribution in [3.8, 4) is 6.07 Å². The molecular formula is C14H21N5. The van der Waals surface area contributed by atoms with Crippen molar-refractivity contribution in [3.05, 3.63) is 17.5 Å². The van der Waals surface area contributed by atoms with Gasteiger partial charge in [-0.3, -0.25) is 0 Å². The Balaban J connectivity index is 2.21. The van der Waals surface area contributed by atoms with E-state index in [0.717, 1.165) is 31.2 Å². The van der Waals surface area contributed by atoms with Gasteiger partial charge in [0.1, 0.15) is 11.8 Å². The lowest BCUT2D eigenvalue weighted by Crippen LogP contribution is -2.42. The summed E-state index contributed by atoms with van der Waals surface area (Å²) in [5, 5.41) is 12.2. The van der Waals surface area contributed by atoms with Crippen LogP contribution in [0.1, 0.15) is 37.1 Å². The molecule has 5 heteroatoms. The van der Waals surface area contributed by atoms with E-state index in [2.05, 4.69) is 26.3 Å². The predicted octanol–water partition coefficient (Wildman–Crippen LogP) is 1.63. The fraction of sp³-hybridized carbons (Fsp3) is 0.643. The first-order chi connectivity index (χ1) is 9.24. The summed E-state index contributed by atoms with van der Waals surface area (Å²) in [5.74, 6) is 0.720. The molecule has 0 saturated carbocycles. The molecule has 5 nitrogen and oxygen atoms in total. The fourth-order valence-electron chi connectivity index (χ4n) is 2.61. The second-order valence-electron chi connectivity index (χ2n) is 5.04. The summed E-state index contributed by atoms with van der Waals surface area (Å²) in [6.45, 7) is 3.90. The third kappa shape index (κ3) is 3.42. The van der Waals surface area contributed by atoms with Crippen molar-refractivity contribution in [2.45, 2.75) is 38.6 Å². The quantitative estimate of drug-likeness (QED) is 0.890. The minimum absolute atomic E-state index is 0.459. The highest BCUT2D eigenvalue weighted by atomic mass is 15.3. The van der Waals surface area contributed by atoms with Crippen molar-refractivity contribution in [2.75, 3.05) is 25.0 Å². The summed E-state index contributed by atoms with van der Waals surface area (Å²) < 4.78 is 0. The first-order valence-corrected chi connectivity index (χ1v) is 6.91. The van der Waals surface area contributed by atoms with Crippen LogP contribution in [-0.2, 0) is 0 Å². The Bertz CT molecular complexity index is 465. The average Bonchev–Trinajstić information content (AvgIpc) is 2.44. The molecule has 0 spiro atoms. The maximum Gasteiger partial charge on any atom is 0.227 e. The van der Waals surface area contributed by atoms with Gasteiger partial charge in [-0.15, -0.1) is 0 Å². The van der Waals surface area contributed by atoms with Gasteiger partial charge in [0.15, 0.2) is 0 Å². The molecule has 2 rings (SSSR count). The lowest BCUT2D eigenvalue weighted by Gasteiger charge is -2.36. The summed E-state index contributed by atoms with van der Waals surface area (Å²) in [6.07, 6.45) is 4.72. The number of aryl methyl sites for hydroxylation is 1. The van der Waals surface area contributed by atoms with Gasteiger partial charge in [0, 0.05) is 18.3 Å². The fourth-order valence-corrected chi connectivity index (χ4v) is 2.61. The first-order valence-electron chi connectivity index (χ1n) is 6.91. The van der Waals surface area contributed by atoms with Crippen molar-refractivity contribution >= 4 is 5.95 Å². The Kier molecular flexibility index (Phi) is 4.69. The van der Waals surface area contributed by atoms with Crippen LogP contribution in [0.2, 0.25) is 0 Å². The standard InChI is InChI=1S/C14H21N5/c1-11-9-12(10-15)18-14(17-11)19-8-4-3-5-13(19)6-7-16-2/h9,13,16H,3-8H2,1-2H3. The van der Waals surface area contributed by atoms with Crippen molar-refractivity contribution in [1.29, 1.82) is 5.26 Å². The van der Waals surface area contributed by atoms with Gasteiger partial charge in [0.2, 0.25) is 5.95 Å². The van der Waals surface area contributed by atoms with E-state index in [4.69, 9.17) is 5.26 Å². The molecule has 1 aliphatic heterocycles. The van der Waals surface area contributed by atoms with Crippen molar-refractivity contribution in [1.82, 2.24) is 15.3 Å². The first kappa shape index (κ1) is 13.8. The molecule has 2 heterocycles. The average molecular weight is 259 g/mol. The monoisotopic (exact) mass is 259 g/mol. The smallest absolute Gasteiger partial charge is 0.227 e. The number of piperidine rings is 1. The zero-order chi connectivity index (χ0) is 13.7. The van der Waals surface area contributed by atoms with Gasteiger partial charge in [-0.05, 0) is 52.3 Å². The van der Waals surface area contributed by atoms with Crippen molar-refractivity contribution < 1.29 is 0 Å². The minimum Gasteiger partial charge on any atom is -0.338 e. The third-order valence-electron chi connectivity index (χ3n) is 3.57. The molecule has 19 heavy (non-hydrogen) atoms. The molecular weight excluding hydrogens is 238 g/mol. The van der Waals surface area contributed by atoms with Crippen LogP contribution < -0.4 is 10.2 Å². The molecule has 0 aliphatic carbocycles. The Morgan fingerprint density at radius 1 is 1.47 bits per heavy atom. The van der Waals surface area contributed by atoms with Crippen LogP contribution in [-0.4, -0.2) is 36.1 Å². The molecule has 1 atom stereocenters. The number of anilines is 1. The van der Waals surface area contributed by atoms with Crippen LogP contribution in [0.15, 0.2) is 6.07 Å². The minimum atomic E-state index is 0.459. The molecule has 0 radical (unpaired) electrons. The van der Waals surface area contributed by atoms with E-state index in [-0.39, 0.29) is 0 Å². The SMILES string of the molecule is CNCCC1CCCCN1c1nc(C)cc(C#N)n1. The second kappa shape index (κ2) is 6.48. The van der Waals surface area contributed by atoms with Crippen LogP contribution in [0.25, 0.3) is 0 Å². The van der Waals surface area contributed by atoms with Gasteiger partial charge in [-0.25, -0.2) is 9.97 Å². The summed E-state index contributed by atoms with van der Waals surface area (Å²) in [5.41, 5.74) is 1.32. The number of hydrogen-bond acceptors (Lipinski definition) is 5. The van der Waals surface area contributed by atoms with E-state index < -0.39 is 0 Å². The van der Waals surface area contributed by atoms with Crippen LogP contribution in [0.3, 0.4) is 0 Å². The van der Waals surface area contributed by atoms with Crippen LogP contribution in [0, 0.1) is 18.3 Å². The molecule has 1 aliphatic rings.